The summed E-state index contributed by atoms with van der Waals surface area (Å²) in [6, 6.07) is 19.1. The first kappa shape index (κ1) is 66.4. The number of esters is 11. The maximum atomic E-state index is 13.4. The fraction of sp³-hybridized carbons (Fsp3) is 0.538. The highest BCUT2D eigenvalue weighted by atomic mass is 28.4. The Balaban J connectivity index is 1.85. The molecule has 0 saturated carbocycles. The Kier molecular flexibility index (Phi) is 25.3. The van der Waals surface area contributed by atoms with Gasteiger partial charge >= 0.3 is 71.6 Å². The van der Waals surface area contributed by atoms with Crippen LogP contribution in [0.5, 0.6) is 0 Å². The van der Waals surface area contributed by atoms with Crippen LogP contribution in [-0.2, 0) is 114 Å². The van der Waals surface area contributed by atoms with Crippen LogP contribution >= 0.6 is 0 Å². The zero-order valence-electron chi connectivity index (χ0n) is 45.9. The molecule has 2 rings (SSSR count). The minimum Gasteiger partial charge on any atom is -0.479 e. The highest BCUT2D eigenvalue weighted by molar-refractivity contribution is 6.99. The van der Waals surface area contributed by atoms with Crippen molar-refractivity contribution < 1.29 is 119 Å². The number of carbonyl (C=O) groups is 12. The van der Waals surface area contributed by atoms with Gasteiger partial charge in [-0.1, -0.05) is 81.4 Å². The first-order valence-electron chi connectivity index (χ1n) is 24.4. The quantitative estimate of drug-likeness (QED) is 0.0762. The minimum absolute atomic E-state index is 0.480. The number of aliphatic carboxylic acids is 1. The normalized spacial score (nSPS) is 16.0. The van der Waals surface area contributed by atoms with Crippen molar-refractivity contribution in [2.75, 3.05) is 0 Å². The van der Waals surface area contributed by atoms with E-state index in [1.54, 1.807) is 0 Å². The Bertz CT molecular complexity index is 2430. The smallest absolute Gasteiger partial charge is 0.347 e. The predicted molar refractivity (Wildman–Crippen MR) is 267 cm³/mol. The molecule has 0 aliphatic rings. The van der Waals surface area contributed by atoms with Crippen molar-refractivity contribution in [3.63, 3.8) is 0 Å². The standard InChI is InChI=1S/C52H68O25Si/c1-26(40(53)54)66-41(55)27(2)67-42(56)28(3)68-43(57)29(4)69-44(58)30(5)70-45(59)31(6)71-46(60)32(7)72-47(61)33(8)73-48(62)34(9)74-49(63)35(10)75-50(64)36(11)76-51(65)37(12)77-78(52(13,14)15,38-22-18-16-19-23-38)39-24-20-17-21-25-39/h16-37H,1-15H3,(H,53,54). The van der Waals surface area contributed by atoms with E-state index in [0.717, 1.165) is 79.6 Å². The SMILES string of the molecule is CC(OC(=O)C(C)OC(=O)C(C)OC(=O)C(C)OC(=O)C(C)OC(=O)C(C)OC(=O)C(C)OC(=O)C(C)OC(=O)C(C)OC(=O)C(C)OC(=O)C(C)OC(=O)C(C)O[Si](c1ccccc1)(c1ccccc1)C(C)(C)C)C(=O)O. The average molecular weight is 1120 g/mol. The Morgan fingerprint density at radius 1 is 0.308 bits per heavy atom. The van der Waals surface area contributed by atoms with Gasteiger partial charge in [0, 0.05) is 0 Å². The van der Waals surface area contributed by atoms with Gasteiger partial charge in [0.05, 0.1) is 0 Å². The first-order chi connectivity index (χ1) is 36.1. The summed E-state index contributed by atoms with van der Waals surface area (Å²) in [6.45, 7) is 19.5. The fourth-order valence-corrected chi connectivity index (χ4v) is 11.1. The summed E-state index contributed by atoms with van der Waals surface area (Å²) in [6.07, 6.45) is -19.3. The topological polar surface area (TPSA) is 336 Å². The summed E-state index contributed by atoms with van der Waals surface area (Å²) in [4.78, 5) is 150. The Morgan fingerprint density at radius 3 is 0.641 bits per heavy atom. The predicted octanol–water partition coefficient (Wildman–Crippen LogP) is 2.28. The number of hydrogen-bond acceptors (Lipinski definition) is 24. The van der Waals surface area contributed by atoms with Crippen molar-refractivity contribution in [3.8, 4) is 0 Å². The maximum absolute atomic E-state index is 13.4. The molecular formula is C52H68O25Si. The van der Waals surface area contributed by atoms with Crippen molar-refractivity contribution in [1.82, 2.24) is 0 Å². The van der Waals surface area contributed by atoms with Gasteiger partial charge in [-0.2, -0.15) is 0 Å². The van der Waals surface area contributed by atoms with Gasteiger partial charge in [-0.25, -0.2) is 57.5 Å². The second-order valence-corrected chi connectivity index (χ2v) is 22.9. The number of carbonyl (C=O) groups excluding carboxylic acids is 11. The number of carboxylic acids is 1. The van der Waals surface area contributed by atoms with Gasteiger partial charge in [0.1, 0.15) is 6.10 Å². The van der Waals surface area contributed by atoms with E-state index in [4.69, 9.17) is 56.9 Å². The molecule has 0 aliphatic heterocycles. The van der Waals surface area contributed by atoms with Gasteiger partial charge < -0.3 is 61.6 Å². The van der Waals surface area contributed by atoms with E-state index in [-0.39, 0.29) is 0 Å². The molecule has 0 spiro atoms. The molecule has 26 heteroatoms. The van der Waals surface area contributed by atoms with Crippen LogP contribution in [0, 0.1) is 0 Å². The van der Waals surface area contributed by atoms with Crippen LogP contribution in [0.2, 0.25) is 5.04 Å². The van der Waals surface area contributed by atoms with Crippen molar-refractivity contribution in [1.29, 1.82) is 0 Å². The third-order valence-electron chi connectivity index (χ3n) is 11.0. The van der Waals surface area contributed by atoms with E-state index in [1.165, 1.54) is 13.8 Å². The summed E-state index contributed by atoms with van der Waals surface area (Å²) < 4.78 is 61.5. The largest absolute Gasteiger partial charge is 0.479 e. The van der Waals surface area contributed by atoms with E-state index in [9.17, 15) is 57.5 Å². The second kappa shape index (κ2) is 29.7. The molecule has 12 unspecified atom stereocenters. The molecule has 0 radical (unpaired) electrons. The van der Waals surface area contributed by atoms with Crippen LogP contribution in [0.4, 0.5) is 0 Å². The third kappa shape index (κ3) is 19.4. The number of hydrogen-bond donors (Lipinski definition) is 1. The zero-order chi connectivity index (χ0) is 59.6. The monoisotopic (exact) mass is 1120 g/mol. The van der Waals surface area contributed by atoms with Crippen molar-refractivity contribution in [3.05, 3.63) is 60.7 Å². The lowest BCUT2D eigenvalue weighted by Gasteiger charge is -2.44. The second-order valence-electron chi connectivity index (χ2n) is 18.6. The molecule has 2 aromatic carbocycles. The third-order valence-corrected chi connectivity index (χ3v) is 16.1. The van der Waals surface area contributed by atoms with Gasteiger partial charge in [0.15, 0.2) is 67.1 Å². The Labute approximate surface area is 451 Å². The molecular weight excluding hydrogens is 1050 g/mol. The summed E-state index contributed by atoms with van der Waals surface area (Å²) >= 11 is 0. The zero-order valence-corrected chi connectivity index (χ0v) is 46.9. The minimum atomic E-state index is -3.20. The first-order valence-corrected chi connectivity index (χ1v) is 26.3. The Morgan fingerprint density at radius 2 is 0.474 bits per heavy atom. The summed E-state index contributed by atoms with van der Waals surface area (Å²) in [7, 11) is -3.20. The van der Waals surface area contributed by atoms with E-state index in [2.05, 4.69) is 4.74 Å². The lowest BCUT2D eigenvalue weighted by atomic mass is 10.2. The summed E-state index contributed by atoms with van der Waals surface area (Å²) in [5, 5.41) is 10.2. The van der Waals surface area contributed by atoms with E-state index in [0.29, 0.717) is 0 Å². The van der Waals surface area contributed by atoms with E-state index in [1.807, 2.05) is 81.4 Å². The number of carboxylic acid groups (broad SMARTS) is 1. The number of ether oxygens (including phenoxy) is 11. The number of rotatable bonds is 27. The fourth-order valence-electron chi connectivity index (χ4n) is 6.51. The highest BCUT2D eigenvalue weighted by Gasteiger charge is 2.52. The molecule has 1 N–H and O–H groups in total. The van der Waals surface area contributed by atoms with E-state index < -0.39 is 158 Å². The lowest BCUT2D eigenvalue weighted by molar-refractivity contribution is -0.190. The van der Waals surface area contributed by atoms with Crippen LogP contribution in [0.1, 0.15) is 104 Å². The molecule has 0 bridgehead atoms. The molecule has 0 aromatic heterocycles. The molecule has 25 nitrogen and oxygen atoms in total. The molecule has 12 atom stereocenters. The van der Waals surface area contributed by atoms with E-state index >= 15 is 0 Å². The molecule has 430 valence electrons. The van der Waals surface area contributed by atoms with Gasteiger partial charge in [0.25, 0.3) is 8.32 Å². The van der Waals surface area contributed by atoms with Crippen molar-refractivity contribution >= 4 is 90.3 Å². The number of benzene rings is 2. The van der Waals surface area contributed by atoms with Crippen LogP contribution in [-0.4, -0.2) is 158 Å². The lowest BCUT2D eigenvalue weighted by Crippen LogP contribution is -2.68. The summed E-state index contributed by atoms with van der Waals surface area (Å²) in [5.41, 5.74) is 0. The van der Waals surface area contributed by atoms with Crippen LogP contribution < -0.4 is 10.4 Å². The van der Waals surface area contributed by atoms with Crippen molar-refractivity contribution in [2.24, 2.45) is 0 Å². The Hall–Kier alpha value is -7.74. The van der Waals surface area contributed by atoms with Crippen molar-refractivity contribution in [2.45, 2.75) is 182 Å². The molecule has 0 fully saturated rings. The molecule has 0 aliphatic carbocycles. The van der Waals surface area contributed by atoms with Gasteiger partial charge in [-0.3, -0.25) is 0 Å². The van der Waals surface area contributed by atoms with Gasteiger partial charge in [0.2, 0.25) is 0 Å². The van der Waals surface area contributed by atoms with Gasteiger partial charge in [-0.05, 0) is 98.5 Å². The molecule has 2 aromatic rings. The maximum Gasteiger partial charge on any atom is 0.347 e. The summed E-state index contributed by atoms with van der Waals surface area (Å²) in [5.74, 6) is -14.8. The van der Waals surface area contributed by atoms with Gasteiger partial charge in [-0.15, -0.1) is 0 Å². The molecule has 0 saturated heterocycles. The molecule has 78 heavy (non-hydrogen) atoms. The van der Waals surface area contributed by atoms with Crippen LogP contribution in [0.3, 0.4) is 0 Å². The highest BCUT2D eigenvalue weighted by Crippen LogP contribution is 2.37. The van der Waals surface area contributed by atoms with Crippen LogP contribution in [0.25, 0.3) is 0 Å². The average Bonchev–Trinajstić information content (AvgIpc) is 3.37. The van der Waals surface area contributed by atoms with Crippen LogP contribution in [0.15, 0.2) is 60.7 Å². The molecule has 0 amide bonds. The molecule has 0 heterocycles.